The topological polar surface area (TPSA) is 61.6 Å². The number of esters is 1. The highest BCUT2D eigenvalue weighted by Gasteiger charge is 2.11. The second kappa shape index (κ2) is 8.05. The lowest BCUT2D eigenvalue weighted by Crippen LogP contribution is -2.15. The molecule has 0 amide bonds. The number of halogens is 2. The van der Waals surface area contributed by atoms with Crippen molar-refractivity contribution in [2.75, 3.05) is 6.61 Å². The Hall–Kier alpha value is -2.50. The molecule has 128 valence electrons. The van der Waals surface area contributed by atoms with E-state index in [9.17, 15) is 4.79 Å². The van der Waals surface area contributed by atoms with Gasteiger partial charge in [-0.1, -0.05) is 35.3 Å². The highest BCUT2D eigenvalue weighted by atomic mass is 35.5. The van der Waals surface area contributed by atoms with E-state index in [1.807, 2.05) is 12.1 Å². The fourth-order valence-electron chi connectivity index (χ4n) is 2.01. The number of hydrogen-bond donors (Lipinski definition) is 0. The van der Waals surface area contributed by atoms with Crippen LogP contribution in [0.5, 0.6) is 5.75 Å². The molecule has 0 saturated carbocycles. The lowest BCUT2D eigenvalue weighted by atomic mass is 10.2. The molecule has 1 aromatic heterocycles. The molecule has 0 saturated heterocycles. The maximum absolute atomic E-state index is 11.7. The Bertz CT molecular complexity index is 862. The molecule has 0 atom stereocenters. The first-order valence-corrected chi connectivity index (χ1v) is 8.11. The second-order valence-corrected chi connectivity index (χ2v) is 5.85. The summed E-state index contributed by atoms with van der Waals surface area (Å²) in [5.41, 5.74) is 0.830. The summed E-state index contributed by atoms with van der Waals surface area (Å²) in [7, 11) is 0. The molecule has 0 spiro atoms. The van der Waals surface area contributed by atoms with Crippen LogP contribution in [0.1, 0.15) is 5.89 Å². The lowest BCUT2D eigenvalue weighted by molar-refractivity contribution is -0.148. The monoisotopic (exact) mass is 377 g/mol. The number of nitrogens with zero attached hydrogens (tertiary/aromatic N) is 1. The van der Waals surface area contributed by atoms with Crippen LogP contribution in [0.3, 0.4) is 0 Å². The molecule has 0 aliphatic rings. The second-order valence-electron chi connectivity index (χ2n) is 5.00. The molecular formula is C18H13Cl2NO4. The van der Waals surface area contributed by atoms with Crippen LogP contribution in [-0.4, -0.2) is 17.6 Å². The van der Waals surface area contributed by atoms with Crippen LogP contribution in [0.15, 0.2) is 59.1 Å². The van der Waals surface area contributed by atoms with Gasteiger partial charge < -0.3 is 13.9 Å². The van der Waals surface area contributed by atoms with Crippen molar-refractivity contribution in [3.63, 3.8) is 0 Å². The van der Waals surface area contributed by atoms with Crippen LogP contribution in [0.4, 0.5) is 0 Å². The highest BCUT2D eigenvalue weighted by molar-refractivity contribution is 6.32. The maximum atomic E-state index is 11.7. The van der Waals surface area contributed by atoms with Crippen molar-refractivity contribution in [1.29, 1.82) is 0 Å². The van der Waals surface area contributed by atoms with Gasteiger partial charge in [0.1, 0.15) is 5.75 Å². The van der Waals surface area contributed by atoms with Gasteiger partial charge in [0.2, 0.25) is 5.89 Å². The molecule has 0 bridgehead atoms. The Morgan fingerprint density at radius 3 is 2.60 bits per heavy atom. The fraction of sp³-hybridized carbons (Fsp3) is 0.111. The predicted molar refractivity (Wildman–Crippen MR) is 93.7 cm³/mol. The van der Waals surface area contributed by atoms with Gasteiger partial charge in [-0.05, 0) is 36.4 Å². The van der Waals surface area contributed by atoms with Crippen LogP contribution in [0.2, 0.25) is 10.0 Å². The summed E-state index contributed by atoms with van der Waals surface area (Å²) in [6, 6.07) is 14.0. The van der Waals surface area contributed by atoms with Gasteiger partial charge in [0.25, 0.3) is 0 Å². The van der Waals surface area contributed by atoms with E-state index < -0.39 is 5.97 Å². The van der Waals surface area contributed by atoms with Crippen molar-refractivity contribution in [2.45, 2.75) is 6.61 Å². The zero-order chi connectivity index (χ0) is 17.6. The SMILES string of the molecule is O=C(COc1ccccc1Cl)OCc1ncc(-c2ccc(Cl)cc2)o1. The van der Waals surface area contributed by atoms with E-state index in [-0.39, 0.29) is 19.1 Å². The Kier molecular flexibility index (Phi) is 5.58. The minimum absolute atomic E-state index is 0.0850. The van der Waals surface area contributed by atoms with Gasteiger partial charge in [-0.2, -0.15) is 0 Å². The summed E-state index contributed by atoms with van der Waals surface area (Å²) in [5, 5.41) is 1.06. The lowest BCUT2D eigenvalue weighted by Gasteiger charge is -2.07. The van der Waals surface area contributed by atoms with E-state index in [0.717, 1.165) is 5.56 Å². The van der Waals surface area contributed by atoms with Gasteiger partial charge in [-0.25, -0.2) is 9.78 Å². The number of carbonyl (C=O) groups is 1. The van der Waals surface area contributed by atoms with E-state index in [2.05, 4.69) is 4.98 Å². The van der Waals surface area contributed by atoms with Crippen molar-refractivity contribution in [3.05, 3.63) is 70.7 Å². The van der Waals surface area contributed by atoms with Crippen molar-refractivity contribution >= 4 is 29.2 Å². The highest BCUT2D eigenvalue weighted by Crippen LogP contribution is 2.24. The molecule has 0 N–H and O–H groups in total. The maximum Gasteiger partial charge on any atom is 0.344 e. The van der Waals surface area contributed by atoms with Gasteiger partial charge in [0.05, 0.1) is 11.2 Å². The first kappa shape index (κ1) is 17.3. The van der Waals surface area contributed by atoms with Crippen molar-refractivity contribution < 1.29 is 18.7 Å². The van der Waals surface area contributed by atoms with Crippen LogP contribution >= 0.6 is 23.2 Å². The van der Waals surface area contributed by atoms with Crippen molar-refractivity contribution in [1.82, 2.24) is 4.98 Å². The largest absolute Gasteiger partial charge is 0.480 e. The van der Waals surface area contributed by atoms with Crippen molar-refractivity contribution in [3.8, 4) is 17.1 Å². The molecule has 0 fully saturated rings. The van der Waals surface area contributed by atoms with E-state index in [1.165, 1.54) is 0 Å². The van der Waals surface area contributed by atoms with Crippen LogP contribution in [0, 0.1) is 0 Å². The number of aromatic nitrogens is 1. The average Bonchev–Trinajstić information content (AvgIpc) is 3.09. The summed E-state index contributed by atoms with van der Waals surface area (Å²) < 4.78 is 15.9. The first-order chi connectivity index (χ1) is 12.1. The molecular weight excluding hydrogens is 365 g/mol. The van der Waals surface area contributed by atoms with Gasteiger partial charge in [-0.15, -0.1) is 0 Å². The molecule has 0 radical (unpaired) electrons. The van der Waals surface area contributed by atoms with Gasteiger partial charge in [-0.3, -0.25) is 0 Å². The van der Waals surface area contributed by atoms with Crippen LogP contribution in [-0.2, 0) is 16.1 Å². The number of hydrogen-bond acceptors (Lipinski definition) is 5. The number of benzene rings is 2. The van der Waals surface area contributed by atoms with Crippen LogP contribution in [0.25, 0.3) is 11.3 Å². The fourth-order valence-corrected chi connectivity index (χ4v) is 2.32. The summed E-state index contributed by atoms with van der Waals surface area (Å²) in [6.07, 6.45) is 1.56. The summed E-state index contributed by atoms with van der Waals surface area (Å²) >= 11 is 11.8. The quantitative estimate of drug-likeness (QED) is 0.578. The number of para-hydroxylation sites is 1. The minimum atomic E-state index is -0.550. The third kappa shape index (κ3) is 4.75. The number of carbonyl (C=O) groups excluding carboxylic acids is 1. The molecule has 2 aromatic carbocycles. The molecule has 7 heteroatoms. The predicted octanol–water partition coefficient (Wildman–Crippen LogP) is 4.77. The van der Waals surface area contributed by atoms with Gasteiger partial charge >= 0.3 is 5.97 Å². The molecule has 5 nitrogen and oxygen atoms in total. The molecule has 1 heterocycles. The third-order valence-electron chi connectivity index (χ3n) is 3.22. The molecule has 25 heavy (non-hydrogen) atoms. The van der Waals surface area contributed by atoms with Crippen molar-refractivity contribution in [2.24, 2.45) is 0 Å². The van der Waals surface area contributed by atoms with E-state index in [4.69, 9.17) is 37.1 Å². The summed E-state index contributed by atoms with van der Waals surface area (Å²) in [6.45, 7) is -0.340. The smallest absolute Gasteiger partial charge is 0.344 e. The van der Waals surface area contributed by atoms with Gasteiger partial charge in [0, 0.05) is 10.6 Å². The minimum Gasteiger partial charge on any atom is -0.480 e. The average molecular weight is 378 g/mol. The molecule has 0 aliphatic heterocycles. The normalized spacial score (nSPS) is 10.5. The zero-order valence-corrected chi connectivity index (χ0v) is 14.5. The zero-order valence-electron chi connectivity index (χ0n) is 12.9. The molecule has 3 rings (SSSR count). The van der Waals surface area contributed by atoms with E-state index >= 15 is 0 Å². The third-order valence-corrected chi connectivity index (χ3v) is 3.79. The Morgan fingerprint density at radius 1 is 1.08 bits per heavy atom. The first-order valence-electron chi connectivity index (χ1n) is 7.35. The van der Waals surface area contributed by atoms with E-state index in [1.54, 1.807) is 42.6 Å². The van der Waals surface area contributed by atoms with Crippen LogP contribution < -0.4 is 4.74 Å². The summed E-state index contributed by atoms with van der Waals surface area (Å²) in [5.74, 6) is 0.722. The Balaban J connectivity index is 1.51. The Labute approximate surface area is 154 Å². The van der Waals surface area contributed by atoms with Gasteiger partial charge in [0.15, 0.2) is 19.0 Å². The Morgan fingerprint density at radius 2 is 1.84 bits per heavy atom. The number of oxazole rings is 1. The standard InChI is InChI=1S/C18H13Cl2NO4/c19-13-7-5-12(6-8-13)16-9-21-17(25-16)10-24-18(22)11-23-15-4-2-1-3-14(15)20/h1-9H,10-11H2. The number of ether oxygens (including phenoxy) is 2. The van der Waals surface area contributed by atoms with E-state index in [0.29, 0.717) is 21.6 Å². The number of rotatable bonds is 6. The molecule has 0 unspecified atom stereocenters. The summed E-state index contributed by atoms with van der Waals surface area (Å²) in [4.78, 5) is 15.8. The molecule has 0 aliphatic carbocycles. The molecule has 3 aromatic rings.